The molecule has 1 saturated heterocycles. The number of hydrogen-bond donors (Lipinski definition) is 0. The van der Waals surface area contributed by atoms with E-state index in [-0.39, 0.29) is 11.9 Å². The van der Waals surface area contributed by atoms with Crippen LogP contribution in [0.2, 0.25) is 0 Å². The fourth-order valence-corrected chi connectivity index (χ4v) is 3.70. The molecule has 1 atom stereocenters. The molecule has 2 aliphatic heterocycles. The number of hydrogen-bond acceptors (Lipinski definition) is 5. The molecular weight excluding hydrogens is 330 g/mol. The largest absolute Gasteiger partial charge is 0.342 e. The minimum absolute atomic E-state index is 0.112. The minimum Gasteiger partial charge on any atom is -0.342 e. The molecule has 134 valence electrons. The Morgan fingerprint density at radius 1 is 1.15 bits per heavy atom. The fraction of sp³-hybridized carbons (Fsp3) is 0.368. The topological polar surface area (TPSA) is 69.6 Å². The van der Waals surface area contributed by atoms with E-state index in [0.29, 0.717) is 31.9 Å². The van der Waals surface area contributed by atoms with E-state index in [1.165, 1.54) is 11.9 Å². The lowest BCUT2D eigenvalue weighted by atomic mass is 10.1. The van der Waals surface area contributed by atoms with E-state index >= 15 is 0 Å². The zero-order chi connectivity index (χ0) is 18.1. The van der Waals surface area contributed by atoms with E-state index in [9.17, 15) is 9.59 Å². The van der Waals surface area contributed by atoms with Crippen LogP contribution in [-0.4, -0.2) is 64.3 Å². The average molecular weight is 351 g/mol. The number of anilines is 2. The lowest BCUT2D eigenvalue weighted by Gasteiger charge is -2.32. The highest BCUT2D eigenvalue weighted by molar-refractivity contribution is 5.93. The molecule has 3 heterocycles. The number of amides is 2. The number of fused-ring (bicyclic) bond motifs is 1. The first-order valence-electron chi connectivity index (χ1n) is 8.85. The van der Waals surface area contributed by atoms with E-state index in [1.807, 2.05) is 12.1 Å². The molecule has 1 unspecified atom stereocenters. The van der Waals surface area contributed by atoms with Gasteiger partial charge in [0.25, 0.3) is 5.91 Å². The number of rotatable bonds is 3. The first-order chi connectivity index (χ1) is 12.7. The molecule has 2 aliphatic rings. The average Bonchev–Trinajstić information content (AvgIpc) is 3.03. The van der Waals surface area contributed by atoms with Crippen molar-refractivity contribution in [2.45, 2.75) is 19.4 Å². The van der Waals surface area contributed by atoms with Crippen LogP contribution in [0.1, 0.15) is 23.0 Å². The van der Waals surface area contributed by atoms with Gasteiger partial charge in [-0.1, -0.05) is 18.2 Å². The first kappa shape index (κ1) is 16.5. The van der Waals surface area contributed by atoms with Gasteiger partial charge >= 0.3 is 0 Å². The predicted molar refractivity (Wildman–Crippen MR) is 97.3 cm³/mol. The summed E-state index contributed by atoms with van der Waals surface area (Å²) in [5, 5.41) is 0. The van der Waals surface area contributed by atoms with Crippen molar-refractivity contribution in [1.82, 2.24) is 19.8 Å². The van der Waals surface area contributed by atoms with E-state index in [1.54, 1.807) is 15.9 Å². The number of carbonyl (C=O) groups is 2. The number of benzene rings is 1. The maximum Gasteiger partial charge on any atom is 0.272 e. The predicted octanol–water partition coefficient (Wildman–Crippen LogP) is 1.47. The van der Waals surface area contributed by atoms with Gasteiger partial charge in [0.1, 0.15) is 17.8 Å². The van der Waals surface area contributed by atoms with Gasteiger partial charge in [0.05, 0.1) is 0 Å². The summed E-state index contributed by atoms with van der Waals surface area (Å²) in [7, 11) is 0. The third-order valence-electron chi connectivity index (χ3n) is 5.08. The van der Waals surface area contributed by atoms with Crippen molar-refractivity contribution < 1.29 is 9.59 Å². The molecule has 0 N–H and O–H groups in total. The summed E-state index contributed by atoms with van der Waals surface area (Å²) in [5.41, 5.74) is 2.82. The minimum atomic E-state index is -0.112. The van der Waals surface area contributed by atoms with Crippen LogP contribution < -0.4 is 4.90 Å². The van der Waals surface area contributed by atoms with Crippen molar-refractivity contribution in [1.29, 1.82) is 0 Å². The third-order valence-corrected chi connectivity index (χ3v) is 5.08. The second-order valence-corrected chi connectivity index (χ2v) is 6.75. The van der Waals surface area contributed by atoms with Gasteiger partial charge in [-0.2, -0.15) is 0 Å². The van der Waals surface area contributed by atoms with Gasteiger partial charge in [0.15, 0.2) is 0 Å². The van der Waals surface area contributed by atoms with Crippen LogP contribution in [0, 0.1) is 0 Å². The van der Waals surface area contributed by atoms with Gasteiger partial charge in [0, 0.05) is 44.0 Å². The Kier molecular flexibility index (Phi) is 4.28. The molecule has 0 aliphatic carbocycles. The van der Waals surface area contributed by atoms with Gasteiger partial charge in [0.2, 0.25) is 6.41 Å². The van der Waals surface area contributed by atoms with Gasteiger partial charge in [-0.05, 0) is 25.0 Å². The molecule has 2 aromatic rings. The Bertz CT molecular complexity index is 832. The second-order valence-electron chi connectivity index (χ2n) is 6.75. The van der Waals surface area contributed by atoms with Crippen LogP contribution in [0.5, 0.6) is 0 Å². The molecule has 2 amide bonds. The molecule has 0 spiro atoms. The molecule has 1 aromatic heterocycles. The Balaban J connectivity index is 1.58. The van der Waals surface area contributed by atoms with Gasteiger partial charge in [-0.25, -0.2) is 9.97 Å². The van der Waals surface area contributed by atoms with Crippen molar-refractivity contribution in [3.8, 4) is 0 Å². The highest BCUT2D eigenvalue weighted by atomic mass is 16.2. The maximum atomic E-state index is 12.8. The van der Waals surface area contributed by atoms with E-state index in [2.05, 4.69) is 33.9 Å². The maximum absolute atomic E-state index is 12.8. The molecule has 7 nitrogen and oxygen atoms in total. The normalized spacial score (nSPS) is 19.4. The van der Waals surface area contributed by atoms with E-state index in [0.717, 1.165) is 24.3 Å². The summed E-state index contributed by atoms with van der Waals surface area (Å²) >= 11 is 0. The Hall–Kier alpha value is -2.96. The van der Waals surface area contributed by atoms with Crippen molar-refractivity contribution in [2.75, 3.05) is 31.1 Å². The lowest BCUT2D eigenvalue weighted by molar-refractivity contribution is -0.119. The van der Waals surface area contributed by atoms with Crippen LogP contribution in [0.15, 0.2) is 36.7 Å². The van der Waals surface area contributed by atoms with Crippen molar-refractivity contribution in [3.63, 3.8) is 0 Å². The van der Waals surface area contributed by atoms with Crippen LogP contribution in [0.4, 0.5) is 11.5 Å². The quantitative estimate of drug-likeness (QED) is 0.784. The first-order valence-corrected chi connectivity index (χ1v) is 8.85. The lowest BCUT2D eigenvalue weighted by Crippen LogP contribution is -2.48. The Labute approximate surface area is 152 Å². The monoisotopic (exact) mass is 351 g/mol. The number of carbonyl (C=O) groups excluding carboxylic acids is 2. The number of aromatic nitrogens is 2. The van der Waals surface area contributed by atoms with Crippen LogP contribution >= 0.6 is 0 Å². The second kappa shape index (κ2) is 6.74. The summed E-state index contributed by atoms with van der Waals surface area (Å²) < 4.78 is 0. The molecule has 0 bridgehead atoms. The van der Waals surface area contributed by atoms with Crippen molar-refractivity contribution in [3.05, 3.63) is 47.9 Å². The van der Waals surface area contributed by atoms with E-state index < -0.39 is 0 Å². The zero-order valence-corrected chi connectivity index (χ0v) is 14.7. The van der Waals surface area contributed by atoms with Crippen molar-refractivity contribution >= 4 is 23.8 Å². The van der Waals surface area contributed by atoms with Gasteiger partial charge < -0.3 is 14.7 Å². The summed E-state index contributed by atoms with van der Waals surface area (Å²) in [6.07, 6.45) is 3.24. The summed E-state index contributed by atoms with van der Waals surface area (Å²) in [5.74, 6) is 0.631. The van der Waals surface area contributed by atoms with Crippen LogP contribution in [0.3, 0.4) is 0 Å². The molecule has 7 heteroatoms. The van der Waals surface area contributed by atoms with E-state index in [4.69, 9.17) is 0 Å². The third kappa shape index (κ3) is 2.89. The molecule has 0 radical (unpaired) electrons. The Morgan fingerprint density at radius 3 is 2.69 bits per heavy atom. The number of nitrogens with zero attached hydrogens (tertiary/aromatic N) is 5. The summed E-state index contributed by atoms with van der Waals surface area (Å²) in [6.45, 7) is 4.33. The van der Waals surface area contributed by atoms with Crippen LogP contribution in [-0.2, 0) is 11.2 Å². The highest BCUT2D eigenvalue weighted by Gasteiger charge is 2.29. The highest BCUT2D eigenvalue weighted by Crippen LogP contribution is 2.37. The molecule has 1 fully saturated rings. The molecule has 26 heavy (non-hydrogen) atoms. The Morgan fingerprint density at radius 2 is 1.92 bits per heavy atom. The molecule has 0 saturated carbocycles. The van der Waals surface area contributed by atoms with Gasteiger partial charge in [-0.3, -0.25) is 9.59 Å². The fourth-order valence-electron chi connectivity index (χ4n) is 3.70. The van der Waals surface area contributed by atoms with Gasteiger partial charge in [-0.15, -0.1) is 0 Å². The summed E-state index contributed by atoms with van der Waals surface area (Å²) in [6, 6.07) is 10.3. The number of para-hydroxylation sites is 1. The SMILES string of the molecule is CC1Cc2ccccc2N1c1cc(C(=O)N2CCN(C=O)CC2)ncn1. The molecule has 4 rings (SSSR count). The number of piperazine rings is 1. The van der Waals surface area contributed by atoms with Crippen molar-refractivity contribution in [2.24, 2.45) is 0 Å². The van der Waals surface area contributed by atoms with Crippen LogP contribution in [0.25, 0.3) is 0 Å². The molecular formula is C19H21N5O2. The zero-order valence-electron chi connectivity index (χ0n) is 14.7. The summed E-state index contributed by atoms with van der Waals surface area (Å²) in [4.78, 5) is 37.8. The smallest absolute Gasteiger partial charge is 0.272 e. The standard InChI is InChI=1S/C19H21N5O2/c1-14-10-15-4-2-3-5-17(15)24(14)18-11-16(20-12-21-18)19(26)23-8-6-22(13-25)7-9-23/h2-5,11-14H,6-10H2,1H3. The molecule has 1 aromatic carbocycles.